The van der Waals surface area contributed by atoms with Gasteiger partial charge in [-0.2, -0.15) is 21.6 Å². The van der Waals surface area contributed by atoms with Crippen molar-refractivity contribution >= 4 is 33.4 Å². The van der Waals surface area contributed by atoms with Gasteiger partial charge in [-0.15, -0.1) is 0 Å². The summed E-state index contributed by atoms with van der Waals surface area (Å²) in [5.74, 6) is -0.541. The smallest absolute Gasteiger partial charge is 0.497 e. The molecular weight excluding hydrogens is 517 g/mol. The maximum Gasteiger partial charge on any atom is 0.534 e. The molecule has 0 aromatic heterocycles. The number of halogens is 3. The average molecular weight is 537 g/mol. The lowest BCUT2D eigenvalue weighted by molar-refractivity contribution is -0.124. The minimum absolute atomic E-state index is 0.0843. The highest BCUT2D eigenvalue weighted by Crippen LogP contribution is 2.42. The van der Waals surface area contributed by atoms with Crippen molar-refractivity contribution < 1.29 is 35.3 Å². The Hall–Kier alpha value is -3.64. The summed E-state index contributed by atoms with van der Waals surface area (Å²) in [5.41, 5.74) is -5.11. The third-order valence-corrected chi connectivity index (χ3v) is 7.14. The van der Waals surface area contributed by atoms with Crippen LogP contribution >= 0.6 is 12.2 Å². The number of thiocarbonyl (C=S) groups is 1. The Kier molecular flexibility index (Phi) is 6.43. The lowest BCUT2D eigenvalue weighted by atomic mass is 9.80. The number of ether oxygens (including phenoxy) is 1. The van der Waals surface area contributed by atoms with E-state index in [1.807, 2.05) is 24.3 Å². The third kappa shape index (κ3) is 4.26. The van der Waals surface area contributed by atoms with E-state index < -0.39 is 32.8 Å². The number of hydrogen-bond donors (Lipinski definition) is 1. The van der Waals surface area contributed by atoms with Crippen molar-refractivity contribution in [2.24, 2.45) is 0 Å². The standard InChI is InChI=1S/C24H19F3N2O5S2/c1-29-22(35)28-21(30)23(29,18-9-5-11-20(14-18)34-36(31,32)24(25,26)27)17-8-3-6-15(12-17)16-7-4-10-19(13-16)33-2/h3-14H,1-2H3,(H,28,30,35). The highest BCUT2D eigenvalue weighted by Gasteiger charge is 2.53. The van der Waals surface area contributed by atoms with Crippen LogP contribution in [0.1, 0.15) is 11.1 Å². The predicted molar refractivity (Wildman–Crippen MR) is 130 cm³/mol. The average Bonchev–Trinajstić information content (AvgIpc) is 3.06. The van der Waals surface area contributed by atoms with Crippen LogP contribution in [-0.4, -0.2) is 44.0 Å². The minimum atomic E-state index is -5.91. The van der Waals surface area contributed by atoms with Gasteiger partial charge in [0, 0.05) is 7.05 Å². The number of carbonyl (C=O) groups excluding carboxylic acids is 1. The van der Waals surface area contributed by atoms with Crippen LogP contribution < -0.4 is 14.2 Å². The zero-order chi connectivity index (χ0) is 26.3. The van der Waals surface area contributed by atoms with Gasteiger partial charge in [-0.3, -0.25) is 4.79 Å². The van der Waals surface area contributed by atoms with E-state index in [1.54, 1.807) is 31.3 Å². The molecule has 3 aromatic rings. The summed E-state index contributed by atoms with van der Waals surface area (Å²) in [7, 11) is -2.82. The van der Waals surface area contributed by atoms with Gasteiger partial charge in [0.25, 0.3) is 5.91 Å². The number of alkyl halides is 3. The van der Waals surface area contributed by atoms with Gasteiger partial charge in [0.2, 0.25) is 0 Å². The Morgan fingerprint density at radius 1 is 0.917 bits per heavy atom. The number of amides is 1. The van der Waals surface area contributed by atoms with Gasteiger partial charge < -0.3 is 19.1 Å². The molecule has 12 heteroatoms. The van der Waals surface area contributed by atoms with Gasteiger partial charge in [-0.05, 0) is 64.8 Å². The minimum Gasteiger partial charge on any atom is -0.497 e. The first-order valence-electron chi connectivity index (χ1n) is 10.4. The molecule has 1 unspecified atom stereocenters. The highest BCUT2D eigenvalue weighted by molar-refractivity contribution is 7.88. The van der Waals surface area contributed by atoms with Gasteiger partial charge in [0.15, 0.2) is 10.7 Å². The monoisotopic (exact) mass is 536 g/mol. The molecule has 1 atom stereocenters. The maximum atomic E-state index is 13.4. The summed E-state index contributed by atoms with van der Waals surface area (Å²) in [6.07, 6.45) is 0. The number of hydrogen-bond acceptors (Lipinski definition) is 6. The number of nitrogens with zero attached hydrogens (tertiary/aromatic N) is 1. The van der Waals surface area contributed by atoms with Gasteiger partial charge in [0.1, 0.15) is 11.5 Å². The van der Waals surface area contributed by atoms with Crippen molar-refractivity contribution in [2.45, 2.75) is 11.0 Å². The van der Waals surface area contributed by atoms with Crippen LogP contribution in [0.25, 0.3) is 11.1 Å². The third-order valence-electron chi connectivity index (χ3n) is 5.78. The Morgan fingerprint density at radius 3 is 2.06 bits per heavy atom. The van der Waals surface area contributed by atoms with Gasteiger partial charge in [-0.25, -0.2) is 0 Å². The molecule has 1 aliphatic rings. The summed E-state index contributed by atoms with van der Waals surface area (Å²) in [6.45, 7) is 0. The molecule has 1 saturated heterocycles. The Labute approximate surface area is 210 Å². The molecule has 0 aliphatic carbocycles. The van der Waals surface area contributed by atoms with Crippen molar-refractivity contribution in [3.8, 4) is 22.6 Å². The quantitative estimate of drug-likeness (QED) is 0.288. The molecule has 1 aliphatic heterocycles. The lowest BCUT2D eigenvalue weighted by Crippen LogP contribution is -2.46. The largest absolute Gasteiger partial charge is 0.534 e. The molecule has 0 saturated carbocycles. The second kappa shape index (κ2) is 9.10. The first-order valence-corrected chi connectivity index (χ1v) is 12.2. The molecule has 1 amide bonds. The second-order valence-electron chi connectivity index (χ2n) is 7.85. The molecule has 1 N–H and O–H groups in total. The number of rotatable bonds is 6. The zero-order valence-electron chi connectivity index (χ0n) is 18.9. The SMILES string of the molecule is COc1cccc(-c2cccc(C3(c4cccc(OS(=O)(=O)C(F)(F)F)c4)C(=O)NC(=S)N3C)c2)c1. The number of benzene rings is 3. The fraction of sp³-hybridized carbons (Fsp3) is 0.167. The van der Waals surface area contributed by atoms with Crippen LogP contribution in [0.2, 0.25) is 0 Å². The van der Waals surface area contributed by atoms with Gasteiger partial charge in [-0.1, -0.05) is 42.5 Å². The molecule has 1 heterocycles. The number of carbonyl (C=O) groups is 1. The second-order valence-corrected chi connectivity index (χ2v) is 9.78. The van der Waals surface area contributed by atoms with Crippen molar-refractivity contribution in [3.05, 3.63) is 83.9 Å². The van der Waals surface area contributed by atoms with E-state index in [2.05, 4.69) is 9.50 Å². The predicted octanol–water partition coefficient (Wildman–Crippen LogP) is 4.18. The number of methoxy groups -OCH3 is 1. The van der Waals surface area contributed by atoms with Crippen molar-refractivity contribution in [1.82, 2.24) is 10.2 Å². The fourth-order valence-electron chi connectivity index (χ4n) is 4.07. The lowest BCUT2D eigenvalue weighted by Gasteiger charge is -2.35. The first-order chi connectivity index (χ1) is 16.9. The molecular formula is C24H19F3N2O5S2. The van der Waals surface area contributed by atoms with E-state index >= 15 is 0 Å². The number of nitrogens with one attached hydrogen (secondary N) is 1. The Bertz CT molecular complexity index is 1460. The summed E-state index contributed by atoms with van der Waals surface area (Å²) < 4.78 is 71.4. The van der Waals surface area contributed by atoms with Crippen LogP contribution in [0.4, 0.5) is 13.2 Å². The topological polar surface area (TPSA) is 84.9 Å². The normalized spacial score (nSPS) is 18.2. The summed E-state index contributed by atoms with van der Waals surface area (Å²) in [6, 6.07) is 19.1. The Balaban J connectivity index is 1.88. The van der Waals surface area contributed by atoms with E-state index in [9.17, 15) is 26.4 Å². The van der Waals surface area contributed by atoms with Crippen LogP contribution in [0.3, 0.4) is 0 Å². The van der Waals surface area contributed by atoms with E-state index in [1.165, 1.54) is 24.1 Å². The van der Waals surface area contributed by atoms with Gasteiger partial charge >= 0.3 is 15.6 Å². The first kappa shape index (κ1) is 25.5. The van der Waals surface area contributed by atoms with E-state index in [0.29, 0.717) is 11.3 Å². The molecule has 0 spiro atoms. The zero-order valence-corrected chi connectivity index (χ0v) is 20.5. The van der Waals surface area contributed by atoms with Crippen LogP contribution in [-0.2, 0) is 20.5 Å². The van der Waals surface area contributed by atoms with Crippen LogP contribution in [0, 0.1) is 0 Å². The van der Waals surface area contributed by atoms with Crippen molar-refractivity contribution in [1.29, 1.82) is 0 Å². The summed E-state index contributed by atoms with van der Waals surface area (Å²) in [4.78, 5) is 14.9. The van der Waals surface area contributed by atoms with Crippen LogP contribution in [0.15, 0.2) is 72.8 Å². The molecule has 3 aromatic carbocycles. The molecule has 7 nitrogen and oxygen atoms in total. The number of likely N-dealkylation sites (N-methyl/N-ethyl adjacent to an activating group) is 1. The summed E-state index contributed by atoms with van der Waals surface area (Å²) >= 11 is 5.30. The van der Waals surface area contributed by atoms with Crippen LogP contribution in [0.5, 0.6) is 11.5 Å². The Morgan fingerprint density at radius 2 is 1.47 bits per heavy atom. The maximum absolute atomic E-state index is 13.4. The van der Waals surface area contributed by atoms with Crippen molar-refractivity contribution in [3.63, 3.8) is 0 Å². The highest BCUT2D eigenvalue weighted by atomic mass is 32.2. The molecule has 36 heavy (non-hydrogen) atoms. The molecule has 0 radical (unpaired) electrons. The summed E-state index contributed by atoms with van der Waals surface area (Å²) in [5, 5.41) is 2.67. The molecule has 188 valence electrons. The fourth-order valence-corrected chi connectivity index (χ4v) is 4.75. The van der Waals surface area contributed by atoms with Crippen molar-refractivity contribution in [2.75, 3.05) is 14.2 Å². The van der Waals surface area contributed by atoms with Gasteiger partial charge in [0.05, 0.1) is 7.11 Å². The van der Waals surface area contributed by atoms with E-state index in [0.717, 1.165) is 23.3 Å². The molecule has 4 rings (SSSR count). The molecule has 0 bridgehead atoms. The van der Waals surface area contributed by atoms with E-state index in [4.69, 9.17) is 17.0 Å². The molecule has 1 fully saturated rings. The van der Waals surface area contributed by atoms with E-state index in [-0.39, 0.29) is 10.7 Å².